The molecule has 4 aromatic rings. The fourth-order valence-corrected chi connectivity index (χ4v) is 4.40. The van der Waals surface area contributed by atoms with E-state index in [-0.39, 0.29) is 5.91 Å². The van der Waals surface area contributed by atoms with E-state index in [2.05, 4.69) is 10.4 Å². The molecule has 4 heterocycles. The molecule has 0 atom stereocenters. The molecule has 1 N–H and O–H groups in total. The minimum atomic E-state index is -0.175. The van der Waals surface area contributed by atoms with Crippen LogP contribution in [0.15, 0.2) is 41.8 Å². The standard InChI is InChI=1S/C22H20N4O3S/c1-13-19-15(11-16(18-7-4-10-30-18)24-21(19)26(2)25-13)22(27)23-12-14-5-3-6-17-20(14)29-9-8-28-17/h3-7,10-11H,8-9,12H2,1-2H3,(H,23,27). The van der Waals surface area contributed by atoms with Crippen molar-refractivity contribution in [3.05, 3.63) is 58.6 Å². The number of hydrogen-bond donors (Lipinski definition) is 1. The van der Waals surface area contributed by atoms with E-state index in [9.17, 15) is 4.79 Å². The van der Waals surface area contributed by atoms with Gasteiger partial charge in [0, 0.05) is 19.2 Å². The third-order valence-corrected chi connectivity index (χ3v) is 5.97. The van der Waals surface area contributed by atoms with E-state index >= 15 is 0 Å². The van der Waals surface area contributed by atoms with Crippen LogP contribution < -0.4 is 14.8 Å². The second-order valence-corrected chi connectivity index (χ2v) is 8.01. The highest BCUT2D eigenvalue weighted by Crippen LogP contribution is 2.34. The lowest BCUT2D eigenvalue weighted by Crippen LogP contribution is -2.25. The van der Waals surface area contributed by atoms with Gasteiger partial charge in [-0.15, -0.1) is 11.3 Å². The molecule has 1 aliphatic rings. The van der Waals surface area contributed by atoms with Crippen LogP contribution in [0.3, 0.4) is 0 Å². The summed E-state index contributed by atoms with van der Waals surface area (Å²) in [6.45, 7) is 3.26. The third kappa shape index (κ3) is 3.19. The molecule has 0 fully saturated rings. The lowest BCUT2D eigenvalue weighted by atomic mass is 10.1. The van der Waals surface area contributed by atoms with Crippen LogP contribution in [-0.2, 0) is 13.6 Å². The zero-order valence-corrected chi connectivity index (χ0v) is 17.5. The number of para-hydroxylation sites is 1. The first-order valence-electron chi connectivity index (χ1n) is 9.66. The zero-order chi connectivity index (χ0) is 20.7. The van der Waals surface area contributed by atoms with Crippen LogP contribution in [0.4, 0.5) is 0 Å². The Morgan fingerprint density at radius 2 is 2.10 bits per heavy atom. The Hall–Kier alpha value is -3.39. The normalized spacial score (nSPS) is 12.9. The first-order chi connectivity index (χ1) is 14.6. The predicted molar refractivity (Wildman–Crippen MR) is 115 cm³/mol. The lowest BCUT2D eigenvalue weighted by molar-refractivity contribution is 0.0951. The second kappa shape index (κ2) is 7.46. The maximum atomic E-state index is 13.2. The molecule has 0 unspecified atom stereocenters. The molecule has 0 saturated heterocycles. The Morgan fingerprint density at radius 3 is 2.93 bits per heavy atom. The summed E-state index contributed by atoms with van der Waals surface area (Å²) in [5.74, 6) is 1.23. The SMILES string of the molecule is Cc1nn(C)c2nc(-c3cccs3)cc(C(=O)NCc3cccc4c3OCCO4)c12. The number of carbonyl (C=O) groups excluding carboxylic acids is 1. The number of nitrogens with one attached hydrogen (secondary N) is 1. The van der Waals surface area contributed by atoms with Gasteiger partial charge in [0.15, 0.2) is 17.1 Å². The summed E-state index contributed by atoms with van der Waals surface area (Å²) < 4.78 is 13.1. The van der Waals surface area contributed by atoms with Gasteiger partial charge in [0.05, 0.1) is 27.2 Å². The molecular weight excluding hydrogens is 400 g/mol. The van der Waals surface area contributed by atoms with Crippen molar-refractivity contribution in [1.29, 1.82) is 0 Å². The molecule has 152 valence electrons. The molecule has 5 rings (SSSR count). The van der Waals surface area contributed by atoms with E-state index in [0.717, 1.165) is 27.2 Å². The maximum Gasteiger partial charge on any atom is 0.252 e. The minimum Gasteiger partial charge on any atom is -0.486 e. The molecule has 3 aromatic heterocycles. The lowest BCUT2D eigenvalue weighted by Gasteiger charge is -2.21. The van der Waals surface area contributed by atoms with Crippen molar-refractivity contribution in [2.24, 2.45) is 7.05 Å². The van der Waals surface area contributed by atoms with E-state index in [4.69, 9.17) is 14.5 Å². The van der Waals surface area contributed by atoms with Crippen molar-refractivity contribution < 1.29 is 14.3 Å². The van der Waals surface area contributed by atoms with E-state index in [1.165, 1.54) is 0 Å². The maximum absolute atomic E-state index is 13.2. The van der Waals surface area contributed by atoms with Crippen LogP contribution in [0, 0.1) is 6.92 Å². The van der Waals surface area contributed by atoms with Gasteiger partial charge >= 0.3 is 0 Å². The number of amides is 1. The van der Waals surface area contributed by atoms with Crippen LogP contribution in [0.25, 0.3) is 21.6 Å². The number of fused-ring (bicyclic) bond motifs is 2. The average molecular weight is 420 g/mol. The molecule has 30 heavy (non-hydrogen) atoms. The molecule has 8 heteroatoms. The Morgan fingerprint density at radius 1 is 1.23 bits per heavy atom. The van der Waals surface area contributed by atoms with Gasteiger partial charge in [-0.1, -0.05) is 18.2 Å². The summed E-state index contributed by atoms with van der Waals surface area (Å²) in [6, 6.07) is 11.5. The molecular formula is C22H20N4O3S. The monoisotopic (exact) mass is 420 g/mol. The number of thiophene rings is 1. The first kappa shape index (κ1) is 18.6. The highest BCUT2D eigenvalue weighted by Gasteiger charge is 2.21. The number of hydrogen-bond acceptors (Lipinski definition) is 6. The quantitative estimate of drug-likeness (QED) is 0.545. The fraction of sp³-hybridized carbons (Fsp3) is 0.227. The van der Waals surface area contributed by atoms with Crippen LogP contribution >= 0.6 is 11.3 Å². The van der Waals surface area contributed by atoms with Gasteiger partial charge in [0.25, 0.3) is 5.91 Å². The van der Waals surface area contributed by atoms with Crippen molar-refractivity contribution in [3.63, 3.8) is 0 Å². The van der Waals surface area contributed by atoms with Gasteiger partial charge in [-0.3, -0.25) is 9.48 Å². The Balaban J connectivity index is 1.50. The van der Waals surface area contributed by atoms with Gasteiger partial charge in [-0.2, -0.15) is 5.10 Å². The highest BCUT2D eigenvalue weighted by atomic mass is 32.1. The Bertz CT molecular complexity index is 1250. The van der Waals surface area contributed by atoms with Gasteiger partial charge in [0.2, 0.25) is 0 Å². The molecule has 7 nitrogen and oxygen atoms in total. The average Bonchev–Trinajstić information content (AvgIpc) is 3.40. The van der Waals surface area contributed by atoms with Crippen LogP contribution in [0.2, 0.25) is 0 Å². The zero-order valence-electron chi connectivity index (χ0n) is 16.6. The van der Waals surface area contributed by atoms with Crippen molar-refractivity contribution >= 4 is 28.3 Å². The Kier molecular flexibility index (Phi) is 4.63. The molecule has 1 amide bonds. The van der Waals surface area contributed by atoms with E-state index in [0.29, 0.717) is 42.5 Å². The number of aromatic nitrogens is 3. The van der Waals surface area contributed by atoms with E-state index in [1.807, 2.05) is 55.7 Å². The minimum absolute atomic E-state index is 0.175. The molecule has 0 saturated carbocycles. The van der Waals surface area contributed by atoms with Crippen LogP contribution in [0.5, 0.6) is 11.5 Å². The van der Waals surface area contributed by atoms with Crippen molar-refractivity contribution in [1.82, 2.24) is 20.1 Å². The number of ether oxygens (including phenoxy) is 2. The number of pyridine rings is 1. The largest absolute Gasteiger partial charge is 0.486 e. The van der Waals surface area contributed by atoms with Gasteiger partial charge < -0.3 is 14.8 Å². The third-order valence-electron chi connectivity index (χ3n) is 5.07. The summed E-state index contributed by atoms with van der Waals surface area (Å²) in [5, 5.41) is 10.3. The molecule has 0 radical (unpaired) electrons. The summed E-state index contributed by atoms with van der Waals surface area (Å²) in [6.07, 6.45) is 0. The number of carbonyl (C=O) groups is 1. The van der Waals surface area contributed by atoms with Crippen LogP contribution in [0.1, 0.15) is 21.6 Å². The summed E-state index contributed by atoms with van der Waals surface area (Å²) >= 11 is 1.59. The van der Waals surface area contributed by atoms with Gasteiger partial charge in [-0.05, 0) is 30.5 Å². The van der Waals surface area contributed by atoms with Gasteiger partial charge in [-0.25, -0.2) is 4.98 Å². The first-order valence-corrected chi connectivity index (χ1v) is 10.5. The van der Waals surface area contributed by atoms with Crippen LogP contribution in [-0.4, -0.2) is 33.9 Å². The van der Waals surface area contributed by atoms with E-state index in [1.54, 1.807) is 16.0 Å². The van der Waals surface area contributed by atoms with E-state index < -0.39 is 0 Å². The molecule has 0 bridgehead atoms. The smallest absolute Gasteiger partial charge is 0.252 e. The molecule has 1 aliphatic heterocycles. The topological polar surface area (TPSA) is 78.3 Å². The van der Waals surface area contributed by atoms with Crippen molar-refractivity contribution in [2.45, 2.75) is 13.5 Å². The number of benzene rings is 1. The summed E-state index contributed by atoms with van der Waals surface area (Å²) in [5.41, 5.74) is 3.68. The molecule has 0 spiro atoms. The van der Waals surface area contributed by atoms with Crippen molar-refractivity contribution in [3.8, 4) is 22.1 Å². The molecule has 0 aliphatic carbocycles. The summed E-state index contributed by atoms with van der Waals surface area (Å²) in [4.78, 5) is 19.0. The number of nitrogens with zero attached hydrogens (tertiary/aromatic N) is 3. The van der Waals surface area contributed by atoms with Gasteiger partial charge in [0.1, 0.15) is 13.2 Å². The number of aryl methyl sites for hydroxylation is 2. The highest BCUT2D eigenvalue weighted by molar-refractivity contribution is 7.13. The van der Waals surface area contributed by atoms with Crippen molar-refractivity contribution in [2.75, 3.05) is 13.2 Å². The predicted octanol–water partition coefficient (Wildman–Crippen LogP) is 3.71. The summed E-state index contributed by atoms with van der Waals surface area (Å²) in [7, 11) is 1.84. The second-order valence-electron chi connectivity index (χ2n) is 7.06. The molecule has 1 aromatic carbocycles. The Labute approximate surface area is 177 Å². The number of rotatable bonds is 4. The fourth-order valence-electron chi connectivity index (χ4n) is 3.72.